The van der Waals surface area contributed by atoms with Crippen LogP contribution in [0.25, 0.3) is 66.9 Å². The molecule has 2 heterocycles. The summed E-state index contributed by atoms with van der Waals surface area (Å²) in [5, 5.41) is 2.37. The highest BCUT2D eigenvalue weighted by atomic mass is 14.9. The largest absolute Gasteiger partial charge is 0.264 e. The van der Waals surface area contributed by atoms with Crippen LogP contribution in [-0.2, 0) is 5.41 Å². The minimum absolute atomic E-state index is 0.00810. The van der Waals surface area contributed by atoms with Gasteiger partial charge in [-0.3, -0.25) is 4.98 Å². The summed E-state index contributed by atoms with van der Waals surface area (Å²) in [6, 6.07) is 45.2. The third kappa shape index (κ3) is 4.16. The molecule has 0 radical (unpaired) electrons. The fourth-order valence-electron chi connectivity index (χ4n) is 6.63. The third-order valence-electron chi connectivity index (χ3n) is 8.81. The van der Waals surface area contributed by atoms with Crippen LogP contribution in [0.2, 0.25) is 0 Å². The molecule has 7 aromatic rings. The van der Waals surface area contributed by atoms with Crippen molar-refractivity contribution in [3.8, 4) is 56.2 Å². The van der Waals surface area contributed by atoms with Crippen molar-refractivity contribution in [2.75, 3.05) is 0 Å². The molecule has 5 aromatic carbocycles. The van der Waals surface area contributed by atoms with Crippen LogP contribution in [0.3, 0.4) is 0 Å². The topological polar surface area (TPSA) is 38.7 Å². The summed E-state index contributed by atoms with van der Waals surface area (Å²) in [7, 11) is 0. The first-order valence-electron chi connectivity index (χ1n) is 14.7. The quantitative estimate of drug-likeness (QED) is 0.218. The van der Waals surface area contributed by atoms with E-state index >= 15 is 0 Å². The lowest BCUT2D eigenvalue weighted by Gasteiger charge is -2.21. The van der Waals surface area contributed by atoms with Crippen molar-refractivity contribution in [1.82, 2.24) is 15.0 Å². The molecule has 3 heteroatoms. The Balaban J connectivity index is 1.31. The van der Waals surface area contributed by atoms with Crippen molar-refractivity contribution in [3.63, 3.8) is 0 Å². The van der Waals surface area contributed by atoms with Gasteiger partial charge in [0.1, 0.15) is 0 Å². The Morgan fingerprint density at radius 2 is 1.14 bits per heavy atom. The zero-order chi connectivity index (χ0) is 29.0. The van der Waals surface area contributed by atoms with Crippen LogP contribution in [0.5, 0.6) is 0 Å². The van der Waals surface area contributed by atoms with Gasteiger partial charge in [0.25, 0.3) is 0 Å². The maximum absolute atomic E-state index is 5.11. The molecule has 3 nitrogen and oxygen atoms in total. The van der Waals surface area contributed by atoms with Gasteiger partial charge in [0.15, 0.2) is 5.82 Å². The molecule has 0 saturated heterocycles. The molecular formula is C40H29N3. The molecule has 0 saturated carbocycles. The van der Waals surface area contributed by atoms with Gasteiger partial charge in [0.05, 0.1) is 11.4 Å². The van der Waals surface area contributed by atoms with E-state index in [1.807, 2.05) is 36.5 Å². The number of aromatic nitrogens is 3. The maximum Gasteiger partial charge on any atom is 0.160 e. The average molecular weight is 552 g/mol. The summed E-state index contributed by atoms with van der Waals surface area (Å²) in [5.74, 6) is 0.699. The standard InChI is InChI=1S/C40H29N3/c1-40(2)35-17-9-8-16-32(35)34-23-27(18-21-36(34)40)29-19-20-33(31-15-7-6-14-30(29)31)38-24-37(28-13-10-22-41-25-28)42-39(43-38)26-11-4-3-5-12-26/h3-25H,1-2H3. The normalized spacial score (nSPS) is 13.1. The third-order valence-corrected chi connectivity index (χ3v) is 8.81. The predicted molar refractivity (Wildman–Crippen MR) is 177 cm³/mol. The van der Waals surface area contributed by atoms with Crippen molar-refractivity contribution in [3.05, 3.63) is 151 Å². The Hall–Kier alpha value is -5.41. The molecule has 0 aliphatic heterocycles. The van der Waals surface area contributed by atoms with E-state index in [0.29, 0.717) is 5.82 Å². The molecule has 1 aliphatic rings. The van der Waals surface area contributed by atoms with E-state index in [2.05, 4.69) is 116 Å². The molecule has 0 amide bonds. The Labute approximate surface area is 251 Å². The number of hydrogen-bond donors (Lipinski definition) is 0. The van der Waals surface area contributed by atoms with Crippen molar-refractivity contribution in [2.45, 2.75) is 19.3 Å². The predicted octanol–water partition coefficient (Wildman–Crippen LogP) is 10.00. The number of nitrogens with zero attached hydrogens (tertiary/aromatic N) is 3. The summed E-state index contributed by atoms with van der Waals surface area (Å²) < 4.78 is 0. The number of pyridine rings is 1. The average Bonchev–Trinajstić information content (AvgIpc) is 3.30. The first kappa shape index (κ1) is 25.3. The van der Waals surface area contributed by atoms with E-state index in [1.54, 1.807) is 6.20 Å². The van der Waals surface area contributed by atoms with Gasteiger partial charge in [0, 0.05) is 34.5 Å². The summed E-state index contributed by atoms with van der Waals surface area (Å²) in [5.41, 5.74) is 12.6. The molecule has 0 unspecified atom stereocenters. The van der Waals surface area contributed by atoms with Gasteiger partial charge >= 0.3 is 0 Å². The second-order valence-electron chi connectivity index (χ2n) is 11.7. The van der Waals surface area contributed by atoms with Gasteiger partial charge in [-0.2, -0.15) is 0 Å². The smallest absolute Gasteiger partial charge is 0.160 e. The number of rotatable bonds is 4. The second kappa shape index (κ2) is 9.85. The molecule has 1 aliphatic carbocycles. The molecule has 0 spiro atoms. The van der Waals surface area contributed by atoms with E-state index in [-0.39, 0.29) is 5.41 Å². The lowest BCUT2D eigenvalue weighted by atomic mass is 9.82. The van der Waals surface area contributed by atoms with E-state index in [1.165, 1.54) is 38.8 Å². The molecule has 0 N–H and O–H groups in total. The van der Waals surface area contributed by atoms with Crippen molar-refractivity contribution in [1.29, 1.82) is 0 Å². The first-order chi connectivity index (χ1) is 21.1. The molecule has 2 aromatic heterocycles. The summed E-state index contributed by atoms with van der Waals surface area (Å²) >= 11 is 0. The van der Waals surface area contributed by atoms with Gasteiger partial charge < -0.3 is 0 Å². The van der Waals surface area contributed by atoms with Gasteiger partial charge in [-0.1, -0.05) is 117 Å². The Morgan fingerprint density at radius 1 is 0.465 bits per heavy atom. The lowest BCUT2D eigenvalue weighted by Crippen LogP contribution is -2.14. The minimum Gasteiger partial charge on any atom is -0.264 e. The van der Waals surface area contributed by atoms with Crippen molar-refractivity contribution < 1.29 is 0 Å². The minimum atomic E-state index is -0.00810. The van der Waals surface area contributed by atoms with Crippen LogP contribution in [0.15, 0.2) is 140 Å². The SMILES string of the molecule is CC1(C)c2ccccc2-c2cc(-c3ccc(-c4cc(-c5cccnc5)nc(-c5ccccc5)n4)c4ccccc34)ccc21. The van der Waals surface area contributed by atoms with E-state index in [0.717, 1.165) is 33.5 Å². The van der Waals surface area contributed by atoms with E-state index < -0.39 is 0 Å². The maximum atomic E-state index is 5.11. The number of benzene rings is 5. The van der Waals surface area contributed by atoms with Gasteiger partial charge in [-0.25, -0.2) is 9.97 Å². The van der Waals surface area contributed by atoms with Crippen molar-refractivity contribution >= 4 is 10.8 Å². The van der Waals surface area contributed by atoms with Crippen LogP contribution in [0.1, 0.15) is 25.0 Å². The Kier molecular flexibility index (Phi) is 5.80. The van der Waals surface area contributed by atoms with Gasteiger partial charge in [-0.05, 0) is 68.4 Å². The number of fused-ring (bicyclic) bond motifs is 4. The van der Waals surface area contributed by atoms with Crippen LogP contribution in [-0.4, -0.2) is 15.0 Å². The highest BCUT2D eigenvalue weighted by molar-refractivity contribution is 6.05. The zero-order valence-electron chi connectivity index (χ0n) is 24.1. The molecule has 8 rings (SSSR count). The monoisotopic (exact) mass is 551 g/mol. The molecule has 0 atom stereocenters. The zero-order valence-corrected chi connectivity index (χ0v) is 24.1. The van der Waals surface area contributed by atoms with Crippen molar-refractivity contribution in [2.24, 2.45) is 0 Å². The highest BCUT2D eigenvalue weighted by Gasteiger charge is 2.35. The highest BCUT2D eigenvalue weighted by Crippen LogP contribution is 2.50. The Morgan fingerprint density at radius 3 is 1.95 bits per heavy atom. The van der Waals surface area contributed by atoms with Gasteiger partial charge in [-0.15, -0.1) is 0 Å². The van der Waals surface area contributed by atoms with Gasteiger partial charge in [0.2, 0.25) is 0 Å². The van der Waals surface area contributed by atoms with Crippen LogP contribution < -0.4 is 0 Å². The van der Waals surface area contributed by atoms with Crippen LogP contribution >= 0.6 is 0 Å². The second-order valence-corrected chi connectivity index (χ2v) is 11.7. The molecule has 0 fully saturated rings. The summed E-state index contributed by atoms with van der Waals surface area (Å²) in [4.78, 5) is 14.4. The fraction of sp³-hybridized carbons (Fsp3) is 0.0750. The number of hydrogen-bond acceptors (Lipinski definition) is 3. The summed E-state index contributed by atoms with van der Waals surface area (Å²) in [6.07, 6.45) is 3.64. The molecule has 204 valence electrons. The lowest BCUT2D eigenvalue weighted by molar-refractivity contribution is 0.660. The molecule has 43 heavy (non-hydrogen) atoms. The van der Waals surface area contributed by atoms with E-state index in [4.69, 9.17) is 9.97 Å². The Bertz CT molecular complexity index is 2090. The first-order valence-corrected chi connectivity index (χ1v) is 14.7. The fourth-order valence-corrected chi connectivity index (χ4v) is 6.63. The van der Waals surface area contributed by atoms with E-state index in [9.17, 15) is 0 Å². The van der Waals surface area contributed by atoms with Crippen LogP contribution in [0.4, 0.5) is 0 Å². The molecular weight excluding hydrogens is 522 g/mol. The van der Waals surface area contributed by atoms with Crippen LogP contribution in [0, 0.1) is 0 Å². The molecule has 0 bridgehead atoms. The summed E-state index contributed by atoms with van der Waals surface area (Å²) in [6.45, 7) is 4.65.